The fourth-order valence-corrected chi connectivity index (χ4v) is 2.90. The van der Waals surface area contributed by atoms with E-state index in [0.29, 0.717) is 30.5 Å². The number of carboxylic acids is 1. The summed E-state index contributed by atoms with van der Waals surface area (Å²) in [5, 5.41) is 17.0. The smallest absolute Gasteiger partial charge is 0.311 e. The van der Waals surface area contributed by atoms with Crippen LogP contribution in [-0.4, -0.2) is 45.2 Å². The van der Waals surface area contributed by atoms with E-state index in [1.807, 2.05) is 12.1 Å². The number of hydrogen-bond donors (Lipinski definition) is 2. The topological polar surface area (TPSA) is 86.3 Å². The molecule has 1 aromatic heterocycles. The fourth-order valence-electron chi connectivity index (χ4n) is 2.90. The SMILES string of the molecule is CC1(C(=O)O)CCCN(C(=O)c2cccc3cn[nH]c23)C1. The zero-order valence-corrected chi connectivity index (χ0v) is 11.8. The number of hydrogen-bond acceptors (Lipinski definition) is 3. The molecule has 0 radical (unpaired) electrons. The van der Waals surface area contributed by atoms with Crippen molar-refractivity contribution in [3.8, 4) is 0 Å². The number of aromatic nitrogens is 2. The minimum absolute atomic E-state index is 0.142. The molecule has 21 heavy (non-hydrogen) atoms. The standard InChI is InChI=1S/C15H17N3O3/c1-15(14(20)21)6-3-7-18(9-15)13(19)11-5-2-4-10-8-16-17-12(10)11/h2,4-5,8H,3,6-7,9H2,1H3,(H,16,17)(H,20,21). The molecular weight excluding hydrogens is 270 g/mol. The number of H-pyrrole nitrogens is 1. The quantitative estimate of drug-likeness (QED) is 0.883. The van der Waals surface area contributed by atoms with Crippen LogP contribution in [-0.2, 0) is 4.79 Å². The zero-order valence-electron chi connectivity index (χ0n) is 11.8. The number of likely N-dealkylation sites (tertiary alicyclic amines) is 1. The molecule has 1 amide bonds. The Morgan fingerprint density at radius 2 is 2.24 bits per heavy atom. The first-order chi connectivity index (χ1) is 10.0. The Hall–Kier alpha value is -2.37. The molecule has 1 aromatic carbocycles. The first kappa shape index (κ1) is 13.6. The average molecular weight is 287 g/mol. The molecule has 1 aliphatic rings. The summed E-state index contributed by atoms with van der Waals surface area (Å²) in [4.78, 5) is 25.7. The zero-order chi connectivity index (χ0) is 15.0. The number of nitrogens with zero attached hydrogens (tertiary/aromatic N) is 2. The average Bonchev–Trinajstić information content (AvgIpc) is 2.94. The highest BCUT2D eigenvalue weighted by Gasteiger charge is 2.39. The molecule has 6 heteroatoms. The van der Waals surface area contributed by atoms with Gasteiger partial charge in [-0.3, -0.25) is 14.7 Å². The first-order valence-corrected chi connectivity index (χ1v) is 6.96. The molecule has 1 aliphatic heterocycles. The number of carbonyl (C=O) groups excluding carboxylic acids is 1. The Morgan fingerprint density at radius 1 is 1.43 bits per heavy atom. The van der Waals surface area contributed by atoms with E-state index in [1.165, 1.54) is 0 Å². The van der Waals surface area contributed by atoms with Gasteiger partial charge in [0.25, 0.3) is 5.91 Å². The Kier molecular flexibility index (Phi) is 3.16. The molecule has 6 nitrogen and oxygen atoms in total. The van der Waals surface area contributed by atoms with Gasteiger partial charge in [0.15, 0.2) is 0 Å². The lowest BCUT2D eigenvalue weighted by atomic mass is 9.82. The second-order valence-electron chi connectivity index (χ2n) is 5.84. The van der Waals surface area contributed by atoms with Crippen molar-refractivity contribution in [2.75, 3.05) is 13.1 Å². The van der Waals surface area contributed by atoms with Crippen molar-refractivity contribution in [2.45, 2.75) is 19.8 Å². The largest absolute Gasteiger partial charge is 0.481 e. The van der Waals surface area contributed by atoms with Crippen molar-refractivity contribution in [3.63, 3.8) is 0 Å². The predicted octanol–water partition coefficient (Wildman–Crippen LogP) is 1.89. The van der Waals surface area contributed by atoms with Crippen LogP contribution in [0.5, 0.6) is 0 Å². The van der Waals surface area contributed by atoms with E-state index in [4.69, 9.17) is 0 Å². The minimum atomic E-state index is -0.865. The summed E-state index contributed by atoms with van der Waals surface area (Å²) in [5.41, 5.74) is 0.375. The third-order valence-electron chi connectivity index (χ3n) is 4.21. The van der Waals surface area contributed by atoms with E-state index in [2.05, 4.69) is 10.2 Å². The Morgan fingerprint density at radius 3 is 3.00 bits per heavy atom. The van der Waals surface area contributed by atoms with Gasteiger partial charge in [-0.15, -0.1) is 0 Å². The van der Waals surface area contributed by atoms with Crippen molar-refractivity contribution < 1.29 is 14.7 Å². The van der Waals surface area contributed by atoms with Crippen LogP contribution in [0.15, 0.2) is 24.4 Å². The maximum atomic E-state index is 12.7. The molecule has 2 heterocycles. The van der Waals surface area contributed by atoms with Crippen LogP contribution in [0.25, 0.3) is 10.9 Å². The number of piperidine rings is 1. The number of carbonyl (C=O) groups is 2. The van der Waals surface area contributed by atoms with E-state index in [1.54, 1.807) is 24.1 Å². The number of benzene rings is 1. The highest BCUT2D eigenvalue weighted by Crippen LogP contribution is 2.31. The van der Waals surface area contributed by atoms with Gasteiger partial charge in [0.1, 0.15) is 0 Å². The number of aliphatic carboxylic acids is 1. The molecule has 0 spiro atoms. The van der Waals surface area contributed by atoms with Gasteiger partial charge in [-0.1, -0.05) is 12.1 Å². The summed E-state index contributed by atoms with van der Waals surface area (Å²) in [7, 11) is 0. The van der Waals surface area contributed by atoms with Gasteiger partial charge in [0.05, 0.1) is 22.7 Å². The molecule has 3 rings (SSSR count). The second kappa shape index (κ2) is 4.87. The summed E-state index contributed by atoms with van der Waals surface area (Å²) in [5.74, 6) is -0.989. The molecule has 110 valence electrons. The summed E-state index contributed by atoms with van der Waals surface area (Å²) in [6, 6.07) is 5.44. The normalized spacial score (nSPS) is 22.4. The highest BCUT2D eigenvalue weighted by atomic mass is 16.4. The van der Waals surface area contributed by atoms with Crippen LogP contribution >= 0.6 is 0 Å². The van der Waals surface area contributed by atoms with Gasteiger partial charge in [-0.2, -0.15) is 5.10 Å². The van der Waals surface area contributed by atoms with Crippen molar-refractivity contribution >= 4 is 22.8 Å². The first-order valence-electron chi connectivity index (χ1n) is 6.96. The van der Waals surface area contributed by atoms with Gasteiger partial charge in [-0.05, 0) is 25.8 Å². The Balaban J connectivity index is 1.92. The summed E-state index contributed by atoms with van der Waals surface area (Å²) in [6.07, 6.45) is 2.97. The van der Waals surface area contributed by atoms with Crippen molar-refractivity contribution in [1.29, 1.82) is 0 Å². The fraction of sp³-hybridized carbons (Fsp3) is 0.400. The second-order valence-corrected chi connectivity index (χ2v) is 5.84. The van der Waals surface area contributed by atoms with Crippen LogP contribution in [0, 0.1) is 5.41 Å². The van der Waals surface area contributed by atoms with E-state index in [9.17, 15) is 14.7 Å². The number of fused-ring (bicyclic) bond motifs is 1. The maximum absolute atomic E-state index is 12.7. The van der Waals surface area contributed by atoms with Crippen molar-refractivity contribution in [1.82, 2.24) is 15.1 Å². The van der Waals surface area contributed by atoms with Crippen LogP contribution in [0.4, 0.5) is 0 Å². The number of rotatable bonds is 2. The lowest BCUT2D eigenvalue weighted by Crippen LogP contribution is -2.48. The van der Waals surface area contributed by atoms with Gasteiger partial charge in [-0.25, -0.2) is 0 Å². The number of aromatic amines is 1. The molecule has 1 unspecified atom stereocenters. The summed E-state index contributed by atoms with van der Waals surface area (Å²) >= 11 is 0. The van der Waals surface area contributed by atoms with Gasteiger partial charge >= 0.3 is 5.97 Å². The van der Waals surface area contributed by atoms with Crippen molar-refractivity contribution in [3.05, 3.63) is 30.0 Å². The Labute approximate surface area is 121 Å². The summed E-state index contributed by atoms with van der Waals surface area (Å²) in [6.45, 7) is 2.53. The lowest BCUT2D eigenvalue weighted by molar-refractivity contribution is -0.150. The molecule has 1 fully saturated rings. The number of carboxylic acid groups (broad SMARTS) is 1. The molecule has 0 aliphatic carbocycles. The van der Waals surface area contributed by atoms with Crippen LogP contribution < -0.4 is 0 Å². The third kappa shape index (κ3) is 2.26. The lowest BCUT2D eigenvalue weighted by Gasteiger charge is -2.37. The summed E-state index contributed by atoms with van der Waals surface area (Å²) < 4.78 is 0. The van der Waals surface area contributed by atoms with Gasteiger partial charge < -0.3 is 10.0 Å². The van der Waals surface area contributed by atoms with E-state index < -0.39 is 11.4 Å². The number of amides is 1. The van der Waals surface area contributed by atoms with E-state index in [0.717, 1.165) is 5.39 Å². The maximum Gasteiger partial charge on any atom is 0.311 e. The van der Waals surface area contributed by atoms with Crippen LogP contribution in [0.2, 0.25) is 0 Å². The number of para-hydroxylation sites is 1. The Bertz CT molecular complexity index is 709. The van der Waals surface area contributed by atoms with Gasteiger partial charge in [0, 0.05) is 18.5 Å². The van der Waals surface area contributed by atoms with Gasteiger partial charge in [0.2, 0.25) is 0 Å². The van der Waals surface area contributed by atoms with Crippen molar-refractivity contribution in [2.24, 2.45) is 5.41 Å². The van der Waals surface area contributed by atoms with Crippen LogP contribution in [0.3, 0.4) is 0 Å². The monoisotopic (exact) mass is 287 g/mol. The number of nitrogens with one attached hydrogen (secondary N) is 1. The molecule has 2 aromatic rings. The predicted molar refractivity (Wildman–Crippen MR) is 77.0 cm³/mol. The van der Waals surface area contributed by atoms with E-state index >= 15 is 0 Å². The highest BCUT2D eigenvalue weighted by molar-refractivity contribution is 6.05. The molecule has 1 atom stereocenters. The van der Waals surface area contributed by atoms with E-state index in [-0.39, 0.29) is 12.5 Å². The molecule has 2 N–H and O–H groups in total. The molecule has 1 saturated heterocycles. The van der Waals surface area contributed by atoms with Crippen LogP contribution in [0.1, 0.15) is 30.1 Å². The molecule has 0 bridgehead atoms. The molecular formula is C15H17N3O3. The third-order valence-corrected chi connectivity index (χ3v) is 4.21. The molecule has 0 saturated carbocycles. The minimum Gasteiger partial charge on any atom is -0.481 e.